The highest BCUT2D eigenvalue weighted by Crippen LogP contribution is 2.21. The van der Waals surface area contributed by atoms with Crippen LogP contribution in [0.3, 0.4) is 0 Å². The molecular formula is C15H25NO2. The fourth-order valence-corrected chi connectivity index (χ4v) is 2.00. The van der Waals surface area contributed by atoms with Crippen molar-refractivity contribution in [2.24, 2.45) is 5.92 Å². The predicted octanol–water partition coefficient (Wildman–Crippen LogP) is 2.75. The fraction of sp³-hybridized carbons (Fsp3) is 0.600. The van der Waals surface area contributed by atoms with Gasteiger partial charge in [0.05, 0.1) is 13.7 Å². The van der Waals surface area contributed by atoms with Crippen molar-refractivity contribution >= 4 is 0 Å². The lowest BCUT2D eigenvalue weighted by atomic mass is 9.99. The van der Waals surface area contributed by atoms with Gasteiger partial charge in [-0.3, -0.25) is 0 Å². The quantitative estimate of drug-likeness (QED) is 0.783. The summed E-state index contributed by atoms with van der Waals surface area (Å²) < 4.78 is 5.16. The molecule has 0 aromatic heterocycles. The Kier molecular flexibility index (Phi) is 6.16. The number of aliphatic hydroxyl groups is 1. The van der Waals surface area contributed by atoms with Gasteiger partial charge in [-0.1, -0.05) is 32.9 Å². The molecule has 3 heteroatoms. The van der Waals surface area contributed by atoms with Crippen molar-refractivity contribution in [1.82, 2.24) is 5.32 Å². The maximum atomic E-state index is 9.39. The first-order valence-electron chi connectivity index (χ1n) is 6.63. The summed E-state index contributed by atoms with van der Waals surface area (Å²) in [6.07, 6.45) is 0.996. The summed E-state index contributed by atoms with van der Waals surface area (Å²) in [6.45, 7) is 6.56. The van der Waals surface area contributed by atoms with E-state index in [1.807, 2.05) is 12.1 Å². The summed E-state index contributed by atoms with van der Waals surface area (Å²) in [5.74, 6) is 1.29. The van der Waals surface area contributed by atoms with Gasteiger partial charge < -0.3 is 15.2 Å². The van der Waals surface area contributed by atoms with Crippen LogP contribution in [-0.2, 0) is 0 Å². The molecule has 0 aliphatic heterocycles. The van der Waals surface area contributed by atoms with Crippen LogP contribution in [0.2, 0.25) is 0 Å². The molecule has 2 N–H and O–H groups in total. The van der Waals surface area contributed by atoms with Crippen LogP contribution in [0.4, 0.5) is 0 Å². The van der Waals surface area contributed by atoms with Crippen LogP contribution in [0.1, 0.15) is 38.8 Å². The summed E-state index contributed by atoms with van der Waals surface area (Å²) in [5, 5.41) is 12.9. The van der Waals surface area contributed by atoms with Crippen LogP contribution in [-0.4, -0.2) is 24.9 Å². The second kappa shape index (κ2) is 7.39. The Morgan fingerprint density at radius 1 is 1.22 bits per heavy atom. The smallest absolute Gasteiger partial charge is 0.118 e. The van der Waals surface area contributed by atoms with Gasteiger partial charge in [-0.05, 0) is 30.0 Å². The lowest BCUT2D eigenvalue weighted by Gasteiger charge is -2.26. The van der Waals surface area contributed by atoms with Crippen molar-refractivity contribution in [3.05, 3.63) is 29.8 Å². The van der Waals surface area contributed by atoms with Crippen LogP contribution < -0.4 is 10.1 Å². The van der Waals surface area contributed by atoms with Gasteiger partial charge >= 0.3 is 0 Å². The Morgan fingerprint density at radius 2 is 1.83 bits per heavy atom. The zero-order valence-electron chi connectivity index (χ0n) is 11.8. The van der Waals surface area contributed by atoms with E-state index in [0.29, 0.717) is 5.92 Å². The van der Waals surface area contributed by atoms with E-state index < -0.39 is 0 Å². The molecule has 3 nitrogen and oxygen atoms in total. The molecule has 0 saturated heterocycles. The maximum absolute atomic E-state index is 9.39. The number of hydrogen-bond acceptors (Lipinski definition) is 3. The van der Waals surface area contributed by atoms with Gasteiger partial charge in [-0.15, -0.1) is 0 Å². The molecule has 1 aromatic rings. The summed E-state index contributed by atoms with van der Waals surface area (Å²) >= 11 is 0. The van der Waals surface area contributed by atoms with E-state index in [1.165, 1.54) is 5.56 Å². The SMILES string of the molecule is CCC(NC(CO)C(C)C)c1ccc(OC)cc1. The molecule has 2 atom stereocenters. The van der Waals surface area contributed by atoms with Gasteiger partial charge in [0.15, 0.2) is 0 Å². The summed E-state index contributed by atoms with van der Waals surface area (Å²) in [7, 11) is 1.67. The Labute approximate surface area is 110 Å². The molecule has 0 saturated carbocycles. The van der Waals surface area contributed by atoms with E-state index in [4.69, 9.17) is 4.74 Å². The third-order valence-electron chi connectivity index (χ3n) is 3.34. The highest BCUT2D eigenvalue weighted by atomic mass is 16.5. The number of benzene rings is 1. The van der Waals surface area contributed by atoms with E-state index in [-0.39, 0.29) is 18.7 Å². The van der Waals surface area contributed by atoms with Gasteiger partial charge in [0.2, 0.25) is 0 Å². The number of aliphatic hydroxyl groups excluding tert-OH is 1. The molecule has 0 fully saturated rings. The second-order valence-electron chi connectivity index (χ2n) is 4.93. The zero-order valence-corrected chi connectivity index (χ0v) is 11.8. The molecule has 18 heavy (non-hydrogen) atoms. The third kappa shape index (κ3) is 4.00. The first-order valence-corrected chi connectivity index (χ1v) is 6.63. The number of hydrogen-bond donors (Lipinski definition) is 2. The molecular weight excluding hydrogens is 226 g/mol. The van der Waals surface area contributed by atoms with E-state index >= 15 is 0 Å². The van der Waals surface area contributed by atoms with Gasteiger partial charge in [-0.2, -0.15) is 0 Å². The lowest BCUT2D eigenvalue weighted by Crippen LogP contribution is -2.39. The average molecular weight is 251 g/mol. The molecule has 2 unspecified atom stereocenters. The van der Waals surface area contributed by atoms with E-state index in [2.05, 4.69) is 38.2 Å². The van der Waals surface area contributed by atoms with Crippen molar-refractivity contribution in [2.45, 2.75) is 39.3 Å². The van der Waals surface area contributed by atoms with Crippen LogP contribution >= 0.6 is 0 Å². The molecule has 0 aliphatic rings. The van der Waals surface area contributed by atoms with E-state index in [9.17, 15) is 5.11 Å². The van der Waals surface area contributed by atoms with Crippen molar-refractivity contribution in [1.29, 1.82) is 0 Å². The highest BCUT2D eigenvalue weighted by Gasteiger charge is 2.17. The number of rotatable bonds is 7. The van der Waals surface area contributed by atoms with Crippen molar-refractivity contribution in [2.75, 3.05) is 13.7 Å². The van der Waals surface area contributed by atoms with Crippen molar-refractivity contribution < 1.29 is 9.84 Å². The maximum Gasteiger partial charge on any atom is 0.118 e. The largest absolute Gasteiger partial charge is 0.497 e. The molecule has 0 heterocycles. The molecule has 0 bridgehead atoms. The standard InChI is InChI=1S/C15H25NO2/c1-5-14(16-15(10-17)11(2)3)12-6-8-13(18-4)9-7-12/h6-9,11,14-17H,5,10H2,1-4H3. The van der Waals surface area contributed by atoms with E-state index in [1.54, 1.807) is 7.11 Å². The molecule has 102 valence electrons. The molecule has 1 rings (SSSR count). The average Bonchev–Trinajstić information content (AvgIpc) is 2.40. The minimum Gasteiger partial charge on any atom is -0.497 e. The number of methoxy groups -OCH3 is 1. The zero-order chi connectivity index (χ0) is 13.5. The van der Waals surface area contributed by atoms with Crippen LogP contribution in [0.25, 0.3) is 0 Å². The van der Waals surface area contributed by atoms with Crippen LogP contribution in [0.15, 0.2) is 24.3 Å². The normalized spacial score (nSPS) is 14.6. The molecule has 1 aromatic carbocycles. The van der Waals surface area contributed by atoms with Gasteiger partial charge in [-0.25, -0.2) is 0 Å². The Balaban J connectivity index is 2.75. The first-order chi connectivity index (χ1) is 8.62. The monoisotopic (exact) mass is 251 g/mol. The molecule has 0 spiro atoms. The van der Waals surface area contributed by atoms with Crippen LogP contribution in [0.5, 0.6) is 5.75 Å². The summed E-state index contributed by atoms with van der Waals surface area (Å²) in [4.78, 5) is 0. The molecule has 0 aliphatic carbocycles. The highest BCUT2D eigenvalue weighted by molar-refractivity contribution is 5.29. The minimum atomic E-state index is 0.136. The Hall–Kier alpha value is -1.06. The van der Waals surface area contributed by atoms with Crippen LogP contribution in [0, 0.1) is 5.92 Å². The summed E-state index contributed by atoms with van der Waals surface area (Å²) in [5.41, 5.74) is 1.23. The van der Waals surface area contributed by atoms with E-state index in [0.717, 1.165) is 12.2 Å². The van der Waals surface area contributed by atoms with Crippen molar-refractivity contribution in [3.63, 3.8) is 0 Å². The van der Waals surface area contributed by atoms with Crippen molar-refractivity contribution in [3.8, 4) is 5.75 Å². The topological polar surface area (TPSA) is 41.5 Å². The number of ether oxygens (including phenoxy) is 1. The minimum absolute atomic E-state index is 0.136. The fourth-order valence-electron chi connectivity index (χ4n) is 2.00. The predicted molar refractivity (Wildman–Crippen MR) is 74.9 cm³/mol. The summed E-state index contributed by atoms with van der Waals surface area (Å²) in [6, 6.07) is 8.52. The molecule has 0 radical (unpaired) electrons. The Morgan fingerprint density at radius 3 is 2.22 bits per heavy atom. The lowest BCUT2D eigenvalue weighted by molar-refractivity contribution is 0.198. The molecule has 0 amide bonds. The van der Waals surface area contributed by atoms with Gasteiger partial charge in [0.25, 0.3) is 0 Å². The number of nitrogens with one attached hydrogen (secondary N) is 1. The van der Waals surface area contributed by atoms with Gasteiger partial charge in [0.1, 0.15) is 5.75 Å². The Bertz CT molecular complexity index is 335. The third-order valence-corrected chi connectivity index (χ3v) is 3.34. The first kappa shape index (κ1) is 15.0. The second-order valence-corrected chi connectivity index (χ2v) is 4.93. The van der Waals surface area contributed by atoms with Gasteiger partial charge in [0, 0.05) is 12.1 Å².